The Morgan fingerprint density at radius 3 is 2.69 bits per heavy atom. The van der Waals surface area contributed by atoms with Crippen LogP contribution in [0.2, 0.25) is 0 Å². The Morgan fingerprint density at radius 1 is 1.24 bits per heavy atom. The summed E-state index contributed by atoms with van der Waals surface area (Å²) in [6, 6.07) is 11.0. The van der Waals surface area contributed by atoms with Gasteiger partial charge in [-0.1, -0.05) is 31.2 Å². The lowest BCUT2D eigenvalue weighted by Crippen LogP contribution is -2.24. The molecule has 3 rings (SSSR count). The fourth-order valence-electron chi connectivity index (χ4n) is 3.14. The number of hydrogen-bond donors (Lipinski definition) is 1. The third-order valence-corrected chi connectivity index (χ3v) is 5.55. The molecule has 152 valence electrons. The summed E-state index contributed by atoms with van der Waals surface area (Å²) in [5, 5.41) is 5.67. The van der Waals surface area contributed by atoms with E-state index in [2.05, 4.69) is 10.3 Å². The fourth-order valence-corrected chi connectivity index (χ4v) is 4.02. The molecule has 1 amide bonds. The van der Waals surface area contributed by atoms with Crippen molar-refractivity contribution in [2.45, 2.75) is 39.8 Å². The zero-order valence-corrected chi connectivity index (χ0v) is 17.4. The zero-order chi connectivity index (χ0) is 21.0. The molecule has 0 saturated carbocycles. The molecule has 0 bridgehead atoms. The predicted molar refractivity (Wildman–Crippen MR) is 112 cm³/mol. The molecule has 1 heterocycles. The molecule has 4 nitrogen and oxygen atoms in total. The van der Waals surface area contributed by atoms with Gasteiger partial charge in [0.25, 0.3) is 0 Å². The minimum absolute atomic E-state index is 0.110. The largest absolute Gasteiger partial charge is 0.304 e. The van der Waals surface area contributed by atoms with Crippen LogP contribution in [0.5, 0.6) is 0 Å². The number of thiazole rings is 1. The standard InChI is InChI=1S/C22H23F2N3OS/c1-4-16-7-5-6-8-21(16)27(15(3)28)22-26-18(13-29-22)12-25-14(2)19-10-9-17(23)11-20(19)24/h5-11,13-14,25H,4,12H2,1-3H3. The van der Waals surface area contributed by atoms with Crippen molar-refractivity contribution in [3.05, 3.63) is 76.3 Å². The molecule has 3 aromatic rings. The van der Waals surface area contributed by atoms with Gasteiger partial charge in [-0.25, -0.2) is 13.8 Å². The molecule has 0 aliphatic carbocycles. The van der Waals surface area contributed by atoms with Crippen LogP contribution >= 0.6 is 11.3 Å². The Hall–Kier alpha value is -2.64. The topological polar surface area (TPSA) is 45.2 Å². The Morgan fingerprint density at radius 2 is 2.00 bits per heavy atom. The molecule has 1 N–H and O–H groups in total. The highest BCUT2D eigenvalue weighted by Crippen LogP contribution is 2.32. The van der Waals surface area contributed by atoms with E-state index in [-0.39, 0.29) is 11.9 Å². The van der Waals surface area contributed by atoms with Crippen LogP contribution in [0.4, 0.5) is 19.6 Å². The van der Waals surface area contributed by atoms with Crippen LogP contribution in [-0.2, 0) is 17.8 Å². The first-order valence-electron chi connectivity index (χ1n) is 9.42. The van der Waals surface area contributed by atoms with Gasteiger partial charge in [0.05, 0.1) is 11.4 Å². The van der Waals surface area contributed by atoms with Crippen molar-refractivity contribution >= 4 is 28.1 Å². The predicted octanol–water partition coefficient (Wildman–Crippen LogP) is 5.52. The van der Waals surface area contributed by atoms with Crippen molar-refractivity contribution in [2.75, 3.05) is 4.90 Å². The van der Waals surface area contributed by atoms with Gasteiger partial charge < -0.3 is 5.32 Å². The minimum atomic E-state index is -0.598. The monoisotopic (exact) mass is 415 g/mol. The number of carbonyl (C=O) groups is 1. The highest BCUT2D eigenvalue weighted by atomic mass is 32.1. The number of para-hydroxylation sites is 1. The summed E-state index contributed by atoms with van der Waals surface area (Å²) in [6.45, 7) is 5.77. The van der Waals surface area contributed by atoms with Crippen LogP contribution < -0.4 is 10.2 Å². The number of aromatic nitrogens is 1. The van der Waals surface area contributed by atoms with E-state index in [0.29, 0.717) is 17.2 Å². The Labute approximate surface area is 173 Å². The van der Waals surface area contributed by atoms with Crippen LogP contribution in [0.15, 0.2) is 47.8 Å². The lowest BCUT2D eigenvalue weighted by Gasteiger charge is -2.21. The summed E-state index contributed by atoms with van der Waals surface area (Å²) in [7, 11) is 0. The smallest absolute Gasteiger partial charge is 0.230 e. The van der Waals surface area contributed by atoms with Gasteiger partial charge in [0.2, 0.25) is 5.91 Å². The van der Waals surface area contributed by atoms with E-state index in [4.69, 9.17) is 0 Å². The molecule has 29 heavy (non-hydrogen) atoms. The van der Waals surface area contributed by atoms with Gasteiger partial charge >= 0.3 is 0 Å². The van der Waals surface area contributed by atoms with Gasteiger partial charge in [-0.3, -0.25) is 9.69 Å². The molecule has 0 fully saturated rings. The third-order valence-electron chi connectivity index (χ3n) is 4.68. The molecule has 1 unspecified atom stereocenters. The molecule has 1 atom stereocenters. The quantitative estimate of drug-likeness (QED) is 0.553. The molecule has 0 spiro atoms. The first kappa shape index (κ1) is 21.1. The number of rotatable bonds is 7. The van der Waals surface area contributed by atoms with E-state index in [0.717, 1.165) is 29.4 Å². The second-order valence-corrected chi connectivity index (χ2v) is 7.56. The summed E-state index contributed by atoms with van der Waals surface area (Å²) < 4.78 is 27.0. The second-order valence-electron chi connectivity index (χ2n) is 6.73. The minimum Gasteiger partial charge on any atom is -0.304 e. The third kappa shape index (κ3) is 4.86. The summed E-state index contributed by atoms with van der Waals surface area (Å²) in [6.07, 6.45) is 0.806. The van der Waals surface area contributed by atoms with E-state index in [1.807, 2.05) is 43.5 Å². The van der Waals surface area contributed by atoms with E-state index in [1.54, 1.807) is 4.90 Å². The highest BCUT2D eigenvalue weighted by molar-refractivity contribution is 7.14. The summed E-state index contributed by atoms with van der Waals surface area (Å²) >= 11 is 1.38. The average molecular weight is 416 g/mol. The van der Waals surface area contributed by atoms with Gasteiger partial charge in [-0.2, -0.15) is 0 Å². The summed E-state index contributed by atoms with van der Waals surface area (Å²) in [5.41, 5.74) is 3.04. The molecular weight excluding hydrogens is 392 g/mol. The SMILES string of the molecule is CCc1ccccc1N(C(C)=O)c1nc(CNC(C)c2ccc(F)cc2F)cs1. The molecule has 0 aliphatic rings. The maximum absolute atomic E-state index is 13.9. The summed E-state index contributed by atoms with van der Waals surface area (Å²) in [4.78, 5) is 18.6. The fraction of sp³-hybridized carbons (Fsp3) is 0.273. The number of hydrogen-bond acceptors (Lipinski definition) is 4. The Balaban J connectivity index is 1.76. The second kappa shape index (κ2) is 9.24. The molecule has 0 radical (unpaired) electrons. The van der Waals surface area contributed by atoms with Crippen LogP contribution in [0, 0.1) is 11.6 Å². The van der Waals surface area contributed by atoms with Crippen molar-refractivity contribution in [1.29, 1.82) is 0 Å². The van der Waals surface area contributed by atoms with Gasteiger partial charge in [-0.15, -0.1) is 11.3 Å². The number of aryl methyl sites for hydroxylation is 1. The number of anilines is 2. The number of nitrogens with zero attached hydrogens (tertiary/aromatic N) is 2. The first-order chi connectivity index (χ1) is 13.9. The average Bonchev–Trinajstić information content (AvgIpc) is 3.15. The lowest BCUT2D eigenvalue weighted by molar-refractivity contribution is -0.115. The highest BCUT2D eigenvalue weighted by Gasteiger charge is 2.20. The van der Waals surface area contributed by atoms with Gasteiger partial charge in [-0.05, 0) is 31.0 Å². The van der Waals surface area contributed by atoms with E-state index < -0.39 is 11.6 Å². The molecule has 0 saturated heterocycles. The Bertz CT molecular complexity index is 1010. The number of carbonyl (C=O) groups excluding carboxylic acids is 1. The maximum Gasteiger partial charge on any atom is 0.230 e. The number of halogens is 2. The lowest BCUT2D eigenvalue weighted by atomic mass is 10.1. The molecule has 7 heteroatoms. The van der Waals surface area contributed by atoms with Crippen LogP contribution in [0.1, 0.15) is 43.6 Å². The van der Waals surface area contributed by atoms with Crippen LogP contribution in [0.3, 0.4) is 0 Å². The molecule has 1 aromatic heterocycles. The zero-order valence-electron chi connectivity index (χ0n) is 16.6. The normalized spacial score (nSPS) is 12.0. The van der Waals surface area contributed by atoms with Crippen molar-refractivity contribution in [1.82, 2.24) is 10.3 Å². The van der Waals surface area contributed by atoms with Crippen molar-refractivity contribution in [3.8, 4) is 0 Å². The van der Waals surface area contributed by atoms with Crippen molar-refractivity contribution in [3.63, 3.8) is 0 Å². The van der Waals surface area contributed by atoms with Crippen LogP contribution in [0.25, 0.3) is 0 Å². The van der Waals surface area contributed by atoms with E-state index >= 15 is 0 Å². The van der Waals surface area contributed by atoms with E-state index in [9.17, 15) is 13.6 Å². The first-order valence-corrected chi connectivity index (χ1v) is 10.3. The number of amides is 1. The Kier molecular flexibility index (Phi) is 6.71. The maximum atomic E-state index is 13.9. The van der Waals surface area contributed by atoms with Gasteiger partial charge in [0, 0.05) is 36.5 Å². The number of nitrogens with one attached hydrogen (secondary N) is 1. The molecular formula is C22H23F2N3OS. The molecule has 2 aromatic carbocycles. The van der Waals surface area contributed by atoms with E-state index in [1.165, 1.54) is 30.4 Å². The van der Waals surface area contributed by atoms with Crippen LogP contribution in [-0.4, -0.2) is 10.9 Å². The van der Waals surface area contributed by atoms with Gasteiger partial charge in [0.1, 0.15) is 11.6 Å². The number of benzene rings is 2. The van der Waals surface area contributed by atoms with Crippen molar-refractivity contribution < 1.29 is 13.6 Å². The molecule has 0 aliphatic heterocycles. The summed E-state index contributed by atoms with van der Waals surface area (Å²) in [5.74, 6) is -1.29. The van der Waals surface area contributed by atoms with Crippen molar-refractivity contribution in [2.24, 2.45) is 0 Å². The van der Waals surface area contributed by atoms with Gasteiger partial charge in [0.15, 0.2) is 5.13 Å².